The summed E-state index contributed by atoms with van der Waals surface area (Å²) in [6, 6.07) is 16.1. The van der Waals surface area contributed by atoms with Crippen LogP contribution in [0.4, 0.5) is 5.82 Å². The number of nitrogen functional groups attached to an aromatic ring is 1. The zero-order valence-electron chi connectivity index (χ0n) is 18.4. The molecule has 4 aromatic rings. The van der Waals surface area contributed by atoms with E-state index in [4.69, 9.17) is 10.3 Å². The summed E-state index contributed by atoms with van der Waals surface area (Å²) in [6.45, 7) is 8.52. The van der Waals surface area contributed by atoms with Crippen molar-refractivity contribution in [1.82, 2.24) is 29.9 Å². The van der Waals surface area contributed by atoms with Gasteiger partial charge in [-0.25, -0.2) is 9.97 Å². The Hall–Kier alpha value is -3.36. The van der Waals surface area contributed by atoms with Gasteiger partial charge in [-0.1, -0.05) is 47.1 Å². The predicted molar refractivity (Wildman–Crippen MR) is 124 cm³/mol. The molecule has 1 saturated heterocycles. The number of anilines is 1. The van der Waals surface area contributed by atoms with Crippen molar-refractivity contribution in [2.75, 3.05) is 31.9 Å². The number of hydrogen-bond donors (Lipinski definition) is 1. The Bertz CT molecular complexity index is 1210. The van der Waals surface area contributed by atoms with Crippen molar-refractivity contribution < 1.29 is 4.52 Å². The van der Waals surface area contributed by atoms with Gasteiger partial charge < -0.3 is 10.3 Å². The van der Waals surface area contributed by atoms with Crippen molar-refractivity contribution in [3.8, 4) is 11.4 Å². The fourth-order valence-corrected chi connectivity index (χ4v) is 4.11. The monoisotopic (exact) mass is 429 g/mol. The summed E-state index contributed by atoms with van der Waals surface area (Å²) in [7, 11) is 0. The summed E-state index contributed by atoms with van der Waals surface area (Å²) >= 11 is 0. The van der Waals surface area contributed by atoms with E-state index in [0.717, 1.165) is 48.5 Å². The van der Waals surface area contributed by atoms with Gasteiger partial charge in [0.2, 0.25) is 11.7 Å². The Labute approximate surface area is 187 Å². The molecule has 0 aliphatic carbocycles. The molecule has 1 aliphatic rings. The molecule has 0 unspecified atom stereocenters. The maximum Gasteiger partial charge on any atom is 0.244 e. The van der Waals surface area contributed by atoms with Gasteiger partial charge in [-0.3, -0.25) is 9.80 Å². The molecule has 0 amide bonds. The van der Waals surface area contributed by atoms with E-state index in [9.17, 15) is 0 Å². The van der Waals surface area contributed by atoms with E-state index in [1.807, 2.05) is 36.4 Å². The third-order valence-corrected chi connectivity index (χ3v) is 6.11. The number of piperazine rings is 1. The van der Waals surface area contributed by atoms with Gasteiger partial charge in [0.1, 0.15) is 11.6 Å². The number of aryl methyl sites for hydroxylation is 1. The molecule has 3 heterocycles. The quantitative estimate of drug-likeness (QED) is 0.515. The van der Waals surface area contributed by atoms with Crippen LogP contribution in [0.2, 0.25) is 0 Å². The lowest BCUT2D eigenvalue weighted by molar-refractivity contribution is 0.0832. The first-order chi connectivity index (χ1) is 15.6. The third-order valence-electron chi connectivity index (χ3n) is 6.11. The molecule has 2 aromatic heterocycles. The van der Waals surface area contributed by atoms with Gasteiger partial charge in [0.05, 0.1) is 18.1 Å². The summed E-state index contributed by atoms with van der Waals surface area (Å²) in [5.74, 6) is 2.59. The van der Waals surface area contributed by atoms with Crippen molar-refractivity contribution in [2.45, 2.75) is 26.4 Å². The van der Waals surface area contributed by atoms with Crippen LogP contribution >= 0.6 is 0 Å². The van der Waals surface area contributed by atoms with Gasteiger partial charge in [-0.15, -0.1) is 0 Å². The lowest BCUT2D eigenvalue weighted by Gasteiger charge is -2.36. The van der Waals surface area contributed by atoms with E-state index in [1.54, 1.807) is 0 Å². The normalized spacial score (nSPS) is 16.4. The van der Waals surface area contributed by atoms with Crippen LogP contribution in [-0.2, 0) is 6.54 Å². The maximum atomic E-state index is 6.14. The molecule has 0 saturated carbocycles. The molecule has 5 rings (SSSR count). The Kier molecular flexibility index (Phi) is 5.55. The summed E-state index contributed by atoms with van der Waals surface area (Å²) in [5.41, 5.74) is 9.21. The molecule has 0 spiro atoms. The first-order valence-electron chi connectivity index (χ1n) is 10.9. The molecule has 1 fully saturated rings. The van der Waals surface area contributed by atoms with Crippen molar-refractivity contribution >= 4 is 16.7 Å². The molecule has 1 atom stereocenters. The van der Waals surface area contributed by atoms with Gasteiger partial charge in [-0.05, 0) is 26.0 Å². The van der Waals surface area contributed by atoms with Crippen molar-refractivity contribution in [2.24, 2.45) is 0 Å². The SMILES string of the molecule is Cc1ccc(-c2noc([C@@H](C)N3CCN(Cc4nc(N)c5ccccc5n4)CC3)n2)cc1. The van der Waals surface area contributed by atoms with Crippen LogP contribution in [0.25, 0.3) is 22.3 Å². The fourth-order valence-electron chi connectivity index (χ4n) is 4.11. The zero-order chi connectivity index (χ0) is 22.1. The average molecular weight is 430 g/mol. The first-order valence-corrected chi connectivity index (χ1v) is 10.9. The molecular formula is C24H27N7O. The minimum Gasteiger partial charge on any atom is -0.383 e. The Balaban J connectivity index is 1.21. The zero-order valence-corrected chi connectivity index (χ0v) is 18.4. The number of rotatable bonds is 5. The number of benzene rings is 2. The van der Waals surface area contributed by atoms with Crippen molar-refractivity contribution in [1.29, 1.82) is 0 Å². The van der Waals surface area contributed by atoms with Crippen LogP contribution in [0, 0.1) is 6.92 Å². The third kappa shape index (κ3) is 4.19. The molecular weight excluding hydrogens is 402 g/mol. The van der Waals surface area contributed by atoms with E-state index >= 15 is 0 Å². The minimum absolute atomic E-state index is 0.0661. The van der Waals surface area contributed by atoms with E-state index in [1.165, 1.54) is 5.56 Å². The van der Waals surface area contributed by atoms with E-state index in [-0.39, 0.29) is 6.04 Å². The molecule has 8 nitrogen and oxygen atoms in total. The smallest absolute Gasteiger partial charge is 0.244 e. The van der Waals surface area contributed by atoms with Crippen LogP contribution in [0.15, 0.2) is 53.1 Å². The number of aromatic nitrogens is 4. The van der Waals surface area contributed by atoms with Gasteiger partial charge in [0.15, 0.2) is 0 Å². The van der Waals surface area contributed by atoms with Crippen molar-refractivity contribution in [3.05, 3.63) is 65.8 Å². The number of hydrogen-bond acceptors (Lipinski definition) is 8. The number of fused-ring (bicyclic) bond motifs is 1. The first kappa shape index (κ1) is 20.5. The summed E-state index contributed by atoms with van der Waals surface area (Å²) in [6.07, 6.45) is 0. The highest BCUT2D eigenvalue weighted by Crippen LogP contribution is 2.24. The molecule has 164 valence electrons. The largest absolute Gasteiger partial charge is 0.383 e. The fraction of sp³-hybridized carbons (Fsp3) is 0.333. The van der Waals surface area contributed by atoms with Gasteiger partial charge in [0.25, 0.3) is 0 Å². The highest BCUT2D eigenvalue weighted by Gasteiger charge is 2.26. The van der Waals surface area contributed by atoms with Gasteiger partial charge in [-0.2, -0.15) is 4.98 Å². The average Bonchev–Trinajstić information content (AvgIpc) is 3.30. The molecule has 1 aliphatic heterocycles. The topological polar surface area (TPSA) is 97.2 Å². The molecule has 2 aromatic carbocycles. The van der Waals surface area contributed by atoms with E-state index in [0.29, 0.717) is 24.1 Å². The van der Waals surface area contributed by atoms with Crippen molar-refractivity contribution in [3.63, 3.8) is 0 Å². The van der Waals surface area contributed by atoms with Gasteiger partial charge in [0, 0.05) is 37.1 Å². The lowest BCUT2D eigenvalue weighted by atomic mass is 10.1. The Morgan fingerprint density at radius 1 is 0.969 bits per heavy atom. The van der Waals surface area contributed by atoms with Crippen LogP contribution in [-0.4, -0.2) is 56.1 Å². The standard InChI is InChI=1S/C24H27N7O/c1-16-7-9-18(10-8-16)23-28-24(32-29-23)17(2)31-13-11-30(12-14-31)15-21-26-20-6-4-3-5-19(20)22(25)27-21/h3-10,17H,11-15H2,1-2H3,(H2,25,26,27)/t17-/m1/s1. The summed E-state index contributed by atoms with van der Waals surface area (Å²) in [5, 5.41) is 5.09. The number of nitrogens with zero attached hydrogens (tertiary/aromatic N) is 6. The number of para-hydroxylation sites is 1. The molecule has 2 N–H and O–H groups in total. The van der Waals surface area contributed by atoms with Crippen LogP contribution in [0.1, 0.15) is 30.2 Å². The Morgan fingerprint density at radius 3 is 2.50 bits per heavy atom. The maximum absolute atomic E-state index is 6.14. The van der Waals surface area contributed by atoms with Crippen LogP contribution in [0.3, 0.4) is 0 Å². The molecule has 0 bridgehead atoms. The second kappa shape index (κ2) is 8.64. The van der Waals surface area contributed by atoms with Crippen LogP contribution in [0.5, 0.6) is 0 Å². The van der Waals surface area contributed by atoms with E-state index < -0.39 is 0 Å². The molecule has 32 heavy (non-hydrogen) atoms. The predicted octanol–water partition coefficient (Wildman–Crippen LogP) is 3.45. The van der Waals surface area contributed by atoms with E-state index in [2.05, 4.69) is 55.9 Å². The second-order valence-corrected chi connectivity index (χ2v) is 8.35. The Morgan fingerprint density at radius 2 is 1.72 bits per heavy atom. The highest BCUT2D eigenvalue weighted by molar-refractivity contribution is 5.87. The highest BCUT2D eigenvalue weighted by atomic mass is 16.5. The molecule has 0 radical (unpaired) electrons. The lowest BCUT2D eigenvalue weighted by Crippen LogP contribution is -2.46. The van der Waals surface area contributed by atoms with Gasteiger partial charge >= 0.3 is 0 Å². The molecule has 8 heteroatoms. The minimum atomic E-state index is 0.0661. The number of nitrogens with two attached hydrogens (primary N) is 1. The van der Waals surface area contributed by atoms with Crippen LogP contribution < -0.4 is 5.73 Å². The second-order valence-electron chi connectivity index (χ2n) is 8.35. The summed E-state index contributed by atoms with van der Waals surface area (Å²) < 4.78 is 5.59. The summed E-state index contributed by atoms with van der Waals surface area (Å²) in [4.78, 5) is 18.6.